The van der Waals surface area contributed by atoms with Crippen LogP contribution >= 0.6 is 0 Å². The Balaban J connectivity index is 4.70. The Morgan fingerprint density at radius 3 is 1.15 bits per heavy atom. The molecule has 0 saturated heterocycles. The van der Waals surface area contributed by atoms with Gasteiger partial charge >= 0.3 is 0 Å². The van der Waals surface area contributed by atoms with Crippen LogP contribution in [-0.2, 0) is 0 Å². The quantitative estimate of drug-likeness (QED) is 0.0456. The summed E-state index contributed by atoms with van der Waals surface area (Å²) in [5.74, 6) is 1.01. The second-order valence-corrected chi connectivity index (χ2v) is 17.7. The predicted octanol–water partition coefficient (Wildman–Crippen LogP) is 17.0. The molecule has 0 heterocycles. The van der Waals surface area contributed by atoms with Gasteiger partial charge in [-0.2, -0.15) is 0 Å². The van der Waals surface area contributed by atoms with Gasteiger partial charge in [0.1, 0.15) is 0 Å². The Bertz CT molecular complexity index is 729. The molecule has 310 valence electrons. The summed E-state index contributed by atoms with van der Waals surface area (Å²) >= 11 is 0. The number of hydrogen-bond acceptors (Lipinski definition) is 2. The molecule has 0 aliphatic carbocycles. The molecule has 0 aromatic rings. The largest absolute Gasteiger partial charge is 0.372 e. The fourth-order valence-electron chi connectivity index (χ4n) is 8.41. The Morgan fingerprint density at radius 1 is 0.404 bits per heavy atom. The van der Waals surface area contributed by atoms with E-state index in [2.05, 4.69) is 58.2 Å². The Kier molecular flexibility index (Phi) is 39.3. The van der Waals surface area contributed by atoms with E-state index in [0.29, 0.717) is 6.04 Å². The zero-order valence-electron chi connectivity index (χ0n) is 37.3. The van der Waals surface area contributed by atoms with Crippen LogP contribution in [0.25, 0.3) is 0 Å². The number of hydrogen-bond donors (Lipinski definition) is 0. The second kappa shape index (κ2) is 39.9. The summed E-state index contributed by atoms with van der Waals surface area (Å²) in [5, 5.41) is 0. The lowest BCUT2D eigenvalue weighted by Crippen LogP contribution is -2.36. The van der Waals surface area contributed by atoms with Crippen molar-refractivity contribution in [2.45, 2.75) is 265 Å². The zero-order valence-corrected chi connectivity index (χ0v) is 37.3. The molecule has 0 rings (SSSR count). The standard InChI is InChI=1S/C50H100N2/c1-9-12-15-25-31-39-48(6)52(46-37-45-51(7)8)50(44-36-29-24-23-26-30-38-47(4)5)43-35-28-22-20-18-19-21-27-34-42-49(40-32-16-13-10-2)41-33-17-14-11-3/h49-50H,4,6,9-46H2,1-3,5,7-8H3. The molecule has 0 aliphatic rings. The molecule has 0 spiro atoms. The van der Waals surface area contributed by atoms with Crippen molar-refractivity contribution in [2.75, 3.05) is 27.2 Å². The second-order valence-electron chi connectivity index (χ2n) is 17.7. The van der Waals surface area contributed by atoms with E-state index in [1.807, 2.05) is 0 Å². The van der Waals surface area contributed by atoms with Gasteiger partial charge in [-0.25, -0.2) is 0 Å². The molecule has 0 fully saturated rings. The topological polar surface area (TPSA) is 6.48 Å². The summed E-state index contributed by atoms with van der Waals surface area (Å²) in [7, 11) is 4.45. The molecule has 1 unspecified atom stereocenters. The van der Waals surface area contributed by atoms with Crippen LogP contribution in [0.2, 0.25) is 0 Å². The van der Waals surface area contributed by atoms with Crippen LogP contribution in [-0.4, -0.2) is 43.0 Å². The lowest BCUT2D eigenvalue weighted by atomic mass is 9.89. The summed E-state index contributed by atoms with van der Waals surface area (Å²) in [4.78, 5) is 5.17. The van der Waals surface area contributed by atoms with Crippen molar-refractivity contribution in [3.8, 4) is 0 Å². The Hall–Kier alpha value is -0.760. The van der Waals surface area contributed by atoms with Crippen LogP contribution in [0, 0.1) is 5.92 Å². The molecule has 0 saturated carbocycles. The summed E-state index contributed by atoms with van der Waals surface area (Å²) < 4.78 is 0. The van der Waals surface area contributed by atoms with E-state index in [0.717, 1.165) is 5.92 Å². The molecule has 52 heavy (non-hydrogen) atoms. The SMILES string of the molecule is C=C(C)CCCCCCCCC(CCCCCCCCCCCC(CCCCCC)CCCCCC)N(CCCN(C)C)C(=C)CCCCCCC. The van der Waals surface area contributed by atoms with Crippen LogP contribution in [0.4, 0.5) is 0 Å². The first-order valence-corrected chi connectivity index (χ1v) is 24.1. The third kappa shape index (κ3) is 35.0. The first-order valence-electron chi connectivity index (χ1n) is 24.1. The Morgan fingerprint density at radius 2 is 0.750 bits per heavy atom. The van der Waals surface area contributed by atoms with Crippen LogP contribution in [0.5, 0.6) is 0 Å². The van der Waals surface area contributed by atoms with Crippen LogP contribution in [0.3, 0.4) is 0 Å². The van der Waals surface area contributed by atoms with Gasteiger partial charge in [0.2, 0.25) is 0 Å². The molecular formula is C50H100N2. The molecule has 2 nitrogen and oxygen atoms in total. The van der Waals surface area contributed by atoms with Crippen molar-refractivity contribution in [3.63, 3.8) is 0 Å². The van der Waals surface area contributed by atoms with Gasteiger partial charge in [-0.1, -0.05) is 219 Å². The highest BCUT2D eigenvalue weighted by molar-refractivity contribution is 4.97. The maximum Gasteiger partial charge on any atom is 0.0286 e. The molecule has 0 bridgehead atoms. The van der Waals surface area contributed by atoms with E-state index in [-0.39, 0.29) is 0 Å². The van der Waals surface area contributed by atoms with Gasteiger partial charge in [0.05, 0.1) is 0 Å². The summed E-state index contributed by atoms with van der Waals surface area (Å²) in [6.45, 7) is 20.4. The molecule has 0 amide bonds. The van der Waals surface area contributed by atoms with E-state index in [1.165, 1.54) is 256 Å². The molecule has 1 atom stereocenters. The third-order valence-corrected chi connectivity index (χ3v) is 11.9. The smallest absolute Gasteiger partial charge is 0.0286 e. The van der Waals surface area contributed by atoms with E-state index >= 15 is 0 Å². The van der Waals surface area contributed by atoms with Crippen LogP contribution < -0.4 is 0 Å². The predicted molar refractivity (Wildman–Crippen MR) is 240 cm³/mol. The number of unbranched alkanes of at least 4 members (excludes halogenated alkanes) is 23. The van der Waals surface area contributed by atoms with Crippen LogP contribution in [0.15, 0.2) is 24.4 Å². The molecular weight excluding hydrogens is 629 g/mol. The summed E-state index contributed by atoms with van der Waals surface area (Å²) in [6, 6.07) is 0.691. The summed E-state index contributed by atoms with van der Waals surface area (Å²) in [6.07, 6.45) is 50.5. The first kappa shape index (κ1) is 51.2. The molecule has 2 heteroatoms. The minimum Gasteiger partial charge on any atom is -0.372 e. The Labute approximate surface area is 331 Å². The first-order chi connectivity index (χ1) is 25.3. The van der Waals surface area contributed by atoms with Gasteiger partial charge in [-0.15, -0.1) is 6.58 Å². The highest BCUT2D eigenvalue weighted by Crippen LogP contribution is 2.26. The van der Waals surface area contributed by atoms with E-state index in [9.17, 15) is 0 Å². The number of rotatable bonds is 43. The van der Waals surface area contributed by atoms with Gasteiger partial charge in [0, 0.05) is 18.3 Å². The minimum absolute atomic E-state index is 0.691. The highest BCUT2D eigenvalue weighted by Gasteiger charge is 2.19. The molecule has 0 aromatic heterocycles. The van der Waals surface area contributed by atoms with Crippen molar-refractivity contribution in [1.82, 2.24) is 9.80 Å². The van der Waals surface area contributed by atoms with Crippen molar-refractivity contribution in [3.05, 3.63) is 24.4 Å². The monoisotopic (exact) mass is 729 g/mol. The lowest BCUT2D eigenvalue weighted by Gasteiger charge is -2.36. The normalized spacial score (nSPS) is 12.3. The number of allylic oxidation sites excluding steroid dienone is 2. The maximum absolute atomic E-state index is 4.74. The van der Waals surface area contributed by atoms with E-state index < -0.39 is 0 Å². The van der Waals surface area contributed by atoms with Gasteiger partial charge in [0.15, 0.2) is 0 Å². The average Bonchev–Trinajstić information content (AvgIpc) is 3.12. The average molecular weight is 729 g/mol. The van der Waals surface area contributed by atoms with Gasteiger partial charge in [-0.05, 0) is 78.4 Å². The van der Waals surface area contributed by atoms with E-state index in [1.54, 1.807) is 0 Å². The van der Waals surface area contributed by atoms with Gasteiger partial charge in [0.25, 0.3) is 0 Å². The fourth-order valence-corrected chi connectivity index (χ4v) is 8.41. The fraction of sp³-hybridized carbons (Fsp3) is 0.920. The molecule has 0 aromatic carbocycles. The third-order valence-electron chi connectivity index (χ3n) is 11.9. The molecule has 0 radical (unpaired) electrons. The van der Waals surface area contributed by atoms with Gasteiger partial charge < -0.3 is 9.80 Å². The lowest BCUT2D eigenvalue weighted by molar-refractivity contribution is 0.202. The summed E-state index contributed by atoms with van der Waals surface area (Å²) in [5.41, 5.74) is 2.79. The van der Waals surface area contributed by atoms with Gasteiger partial charge in [-0.3, -0.25) is 0 Å². The van der Waals surface area contributed by atoms with Crippen molar-refractivity contribution in [2.24, 2.45) is 5.92 Å². The van der Waals surface area contributed by atoms with E-state index in [4.69, 9.17) is 6.58 Å². The molecule has 0 N–H and O–H groups in total. The molecule has 0 aliphatic heterocycles. The van der Waals surface area contributed by atoms with Crippen LogP contribution in [0.1, 0.15) is 259 Å². The highest BCUT2D eigenvalue weighted by atomic mass is 15.2. The van der Waals surface area contributed by atoms with Crippen molar-refractivity contribution >= 4 is 0 Å². The minimum atomic E-state index is 0.691. The number of nitrogens with zero attached hydrogens (tertiary/aromatic N) is 2. The maximum atomic E-state index is 4.74. The van der Waals surface area contributed by atoms with Crippen molar-refractivity contribution < 1.29 is 0 Å². The van der Waals surface area contributed by atoms with Crippen molar-refractivity contribution in [1.29, 1.82) is 0 Å². The zero-order chi connectivity index (χ0) is 38.3.